The highest BCUT2D eigenvalue weighted by Gasteiger charge is 2.09. The van der Waals surface area contributed by atoms with E-state index in [9.17, 15) is 9.59 Å². The van der Waals surface area contributed by atoms with Gasteiger partial charge in [0.25, 0.3) is 11.8 Å². The Balaban J connectivity index is 1.65. The molecule has 3 rings (SSSR count). The molecule has 0 spiro atoms. The molecule has 0 bridgehead atoms. The van der Waals surface area contributed by atoms with Gasteiger partial charge in [0.1, 0.15) is 0 Å². The summed E-state index contributed by atoms with van der Waals surface area (Å²) in [5, 5.41) is 5.66. The number of amides is 2. The second-order valence-electron chi connectivity index (χ2n) is 5.86. The monoisotopic (exact) mass is 408 g/mol. The highest BCUT2D eigenvalue weighted by atomic mass is 79.9. The summed E-state index contributed by atoms with van der Waals surface area (Å²) in [5.41, 5.74) is 3.49. The molecule has 0 aliphatic heterocycles. The Bertz CT molecular complexity index is 935. The van der Waals surface area contributed by atoms with Gasteiger partial charge in [0, 0.05) is 27.0 Å². The minimum Gasteiger partial charge on any atom is -0.322 e. The lowest BCUT2D eigenvalue weighted by molar-refractivity contribution is 0.102. The van der Waals surface area contributed by atoms with Gasteiger partial charge >= 0.3 is 0 Å². The Morgan fingerprint density at radius 1 is 0.731 bits per heavy atom. The molecule has 130 valence electrons. The molecule has 3 aromatic carbocycles. The lowest BCUT2D eigenvalue weighted by atomic mass is 10.1. The third kappa shape index (κ3) is 4.58. The van der Waals surface area contributed by atoms with Crippen LogP contribution in [0, 0.1) is 6.92 Å². The molecule has 0 fully saturated rings. The van der Waals surface area contributed by atoms with Gasteiger partial charge in [-0.3, -0.25) is 9.59 Å². The van der Waals surface area contributed by atoms with Crippen LogP contribution in [0.5, 0.6) is 0 Å². The van der Waals surface area contributed by atoms with E-state index < -0.39 is 0 Å². The van der Waals surface area contributed by atoms with Crippen LogP contribution in [0.25, 0.3) is 0 Å². The number of anilines is 2. The van der Waals surface area contributed by atoms with Gasteiger partial charge in [0.15, 0.2) is 0 Å². The second kappa shape index (κ2) is 7.97. The van der Waals surface area contributed by atoms with Crippen LogP contribution >= 0.6 is 15.9 Å². The van der Waals surface area contributed by atoms with Gasteiger partial charge in [-0.1, -0.05) is 33.6 Å². The molecule has 2 N–H and O–H groups in total. The third-order valence-corrected chi connectivity index (χ3v) is 4.32. The highest BCUT2D eigenvalue weighted by Crippen LogP contribution is 2.16. The van der Waals surface area contributed by atoms with Crippen molar-refractivity contribution in [3.63, 3.8) is 0 Å². The molecular weight excluding hydrogens is 392 g/mol. The van der Waals surface area contributed by atoms with Crippen LogP contribution < -0.4 is 10.6 Å². The molecule has 0 aliphatic carbocycles. The zero-order chi connectivity index (χ0) is 18.5. The fourth-order valence-corrected chi connectivity index (χ4v) is 2.70. The van der Waals surface area contributed by atoms with Crippen LogP contribution in [0.15, 0.2) is 77.3 Å². The number of nitrogens with one attached hydrogen (secondary N) is 2. The number of hydrogen-bond acceptors (Lipinski definition) is 2. The number of hydrogen-bond donors (Lipinski definition) is 2. The number of halogens is 1. The predicted octanol–water partition coefficient (Wildman–Crippen LogP) is 5.26. The van der Waals surface area contributed by atoms with E-state index in [1.807, 2.05) is 49.4 Å². The van der Waals surface area contributed by atoms with Crippen molar-refractivity contribution in [2.24, 2.45) is 0 Å². The SMILES string of the molecule is Cc1cccc(C(=O)Nc2ccc(C(=O)Nc3ccc(Br)cc3)cc2)c1. The quantitative estimate of drug-likeness (QED) is 0.618. The maximum absolute atomic E-state index is 12.3. The summed E-state index contributed by atoms with van der Waals surface area (Å²) < 4.78 is 0.948. The summed E-state index contributed by atoms with van der Waals surface area (Å²) in [6.45, 7) is 1.94. The molecule has 2 amide bonds. The first kappa shape index (κ1) is 17.9. The molecule has 3 aromatic rings. The van der Waals surface area contributed by atoms with Crippen LogP contribution in [0.1, 0.15) is 26.3 Å². The van der Waals surface area contributed by atoms with E-state index in [0.29, 0.717) is 16.8 Å². The highest BCUT2D eigenvalue weighted by molar-refractivity contribution is 9.10. The van der Waals surface area contributed by atoms with Crippen molar-refractivity contribution in [1.82, 2.24) is 0 Å². The van der Waals surface area contributed by atoms with Crippen molar-refractivity contribution in [3.05, 3.63) is 94.0 Å². The van der Waals surface area contributed by atoms with Gasteiger partial charge in [0.2, 0.25) is 0 Å². The lowest BCUT2D eigenvalue weighted by Crippen LogP contribution is -2.13. The van der Waals surface area contributed by atoms with E-state index in [0.717, 1.165) is 15.7 Å². The molecule has 0 heterocycles. The molecule has 0 saturated carbocycles. The summed E-state index contributed by atoms with van der Waals surface area (Å²) in [7, 11) is 0. The van der Waals surface area contributed by atoms with Gasteiger partial charge in [-0.2, -0.15) is 0 Å². The minimum atomic E-state index is -0.205. The predicted molar refractivity (Wildman–Crippen MR) is 108 cm³/mol. The Labute approximate surface area is 160 Å². The first-order chi connectivity index (χ1) is 12.5. The fraction of sp³-hybridized carbons (Fsp3) is 0.0476. The lowest BCUT2D eigenvalue weighted by Gasteiger charge is -2.08. The molecule has 4 nitrogen and oxygen atoms in total. The van der Waals surface area contributed by atoms with Crippen LogP contribution in [0.4, 0.5) is 11.4 Å². The Morgan fingerprint density at radius 2 is 1.27 bits per heavy atom. The van der Waals surface area contributed by atoms with Gasteiger partial charge in [0.05, 0.1) is 0 Å². The number of benzene rings is 3. The smallest absolute Gasteiger partial charge is 0.255 e. The summed E-state index contributed by atoms with van der Waals surface area (Å²) in [4.78, 5) is 24.5. The fourth-order valence-electron chi connectivity index (χ4n) is 2.43. The van der Waals surface area contributed by atoms with Gasteiger partial charge < -0.3 is 10.6 Å². The molecule has 0 aromatic heterocycles. The van der Waals surface area contributed by atoms with Crippen molar-refractivity contribution in [2.75, 3.05) is 10.6 Å². The second-order valence-corrected chi connectivity index (χ2v) is 6.78. The maximum atomic E-state index is 12.3. The average Bonchev–Trinajstić information content (AvgIpc) is 2.64. The standard InChI is InChI=1S/C21H17BrN2O2/c1-14-3-2-4-16(13-14)21(26)24-18-9-5-15(6-10-18)20(25)23-19-11-7-17(22)8-12-19/h2-13H,1H3,(H,23,25)(H,24,26). The van der Waals surface area contributed by atoms with Crippen molar-refractivity contribution in [1.29, 1.82) is 0 Å². The van der Waals surface area contributed by atoms with E-state index >= 15 is 0 Å². The number of aryl methyl sites for hydroxylation is 1. The number of rotatable bonds is 4. The van der Waals surface area contributed by atoms with Crippen LogP contribution in [-0.4, -0.2) is 11.8 Å². The third-order valence-electron chi connectivity index (χ3n) is 3.79. The summed E-state index contributed by atoms with van der Waals surface area (Å²) in [5.74, 6) is -0.385. The molecule has 0 atom stereocenters. The Hall–Kier alpha value is -2.92. The van der Waals surface area contributed by atoms with E-state index in [1.54, 1.807) is 30.3 Å². The first-order valence-corrected chi connectivity index (χ1v) is 8.85. The van der Waals surface area contributed by atoms with Crippen molar-refractivity contribution in [2.45, 2.75) is 6.92 Å². The van der Waals surface area contributed by atoms with E-state index in [4.69, 9.17) is 0 Å². The Kier molecular flexibility index (Phi) is 5.49. The van der Waals surface area contributed by atoms with Gasteiger partial charge in [-0.05, 0) is 67.6 Å². The largest absolute Gasteiger partial charge is 0.322 e. The van der Waals surface area contributed by atoms with Crippen LogP contribution in [0.3, 0.4) is 0 Å². The Morgan fingerprint density at radius 3 is 1.85 bits per heavy atom. The molecule has 0 aliphatic rings. The molecule has 5 heteroatoms. The number of carbonyl (C=O) groups excluding carboxylic acids is 2. The molecule has 0 unspecified atom stereocenters. The molecule has 0 saturated heterocycles. The average molecular weight is 409 g/mol. The zero-order valence-corrected chi connectivity index (χ0v) is 15.7. The van der Waals surface area contributed by atoms with E-state index in [2.05, 4.69) is 26.6 Å². The van der Waals surface area contributed by atoms with E-state index in [-0.39, 0.29) is 11.8 Å². The van der Waals surface area contributed by atoms with Gasteiger partial charge in [-0.25, -0.2) is 0 Å². The summed E-state index contributed by atoms with van der Waals surface area (Å²) in [6.07, 6.45) is 0. The maximum Gasteiger partial charge on any atom is 0.255 e. The van der Waals surface area contributed by atoms with E-state index in [1.165, 1.54) is 0 Å². The number of carbonyl (C=O) groups is 2. The normalized spacial score (nSPS) is 10.2. The first-order valence-electron chi connectivity index (χ1n) is 8.06. The summed E-state index contributed by atoms with van der Waals surface area (Å²) >= 11 is 3.36. The zero-order valence-electron chi connectivity index (χ0n) is 14.1. The minimum absolute atomic E-state index is 0.180. The molecule has 0 radical (unpaired) electrons. The van der Waals surface area contributed by atoms with Crippen molar-refractivity contribution < 1.29 is 9.59 Å². The van der Waals surface area contributed by atoms with Crippen LogP contribution in [0.2, 0.25) is 0 Å². The molecular formula is C21H17BrN2O2. The summed E-state index contributed by atoms with van der Waals surface area (Å²) in [6, 6.07) is 21.5. The van der Waals surface area contributed by atoms with Crippen molar-refractivity contribution >= 4 is 39.1 Å². The van der Waals surface area contributed by atoms with Gasteiger partial charge in [-0.15, -0.1) is 0 Å². The van der Waals surface area contributed by atoms with Crippen molar-refractivity contribution in [3.8, 4) is 0 Å². The molecule has 26 heavy (non-hydrogen) atoms. The van der Waals surface area contributed by atoms with Crippen LogP contribution in [-0.2, 0) is 0 Å². The topological polar surface area (TPSA) is 58.2 Å².